The minimum absolute atomic E-state index is 0.224. The number of anilines is 1. The van der Waals surface area contributed by atoms with E-state index in [1.807, 2.05) is 7.05 Å². The van der Waals surface area contributed by atoms with Crippen LogP contribution in [0.15, 0.2) is 12.4 Å². The summed E-state index contributed by atoms with van der Waals surface area (Å²) in [7, 11) is 2.03. The number of nitrogens with one attached hydrogen (secondary N) is 1. The molecule has 0 bridgehead atoms. The molecular weight excluding hydrogens is 315 g/mol. The fourth-order valence-corrected chi connectivity index (χ4v) is 2.24. The number of likely N-dealkylation sites (tertiary alicyclic amines) is 1. The van der Waals surface area contributed by atoms with Crippen LogP contribution in [0.1, 0.15) is 19.1 Å². The Morgan fingerprint density at radius 2 is 2.17 bits per heavy atom. The van der Waals surface area contributed by atoms with E-state index >= 15 is 0 Å². The van der Waals surface area contributed by atoms with Gasteiger partial charge in [-0.25, -0.2) is 9.48 Å². The van der Waals surface area contributed by atoms with Crippen molar-refractivity contribution < 1.29 is 22.7 Å². The summed E-state index contributed by atoms with van der Waals surface area (Å²) < 4.78 is 41.5. The molecule has 0 amide bonds. The number of carbonyl (C=O) groups is 1. The van der Waals surface area contributed by atoms with Gasteiger partial charge < -0.3 is 15.0 Å². The molecule has 1 aliphatic rings. The zero-order chi connectivity index (χ0) is 17.0. The summed E-state index contributed by atoms with van der Waals surface area (Å²) in [5.41, 5.74) is 0.558. The minimum atomic E-state index is -5.16. The monoisotopic (exact) mass is 331 g/mol. The SMILES string of the molecule is CN1CCC(Nc2cnn(C(C#N)OC(=O)C(F)(F)F)c2)CC1. The number of carbonyl (C=O) groups excluding carboxylic acids is 1. The first kappa shape index (κ1) is 17.1. The van der Waals surface area contributed by atoms with Crippen molar-refractivity contribution in [3.05, 3.63) is 12.4 Å². The van der Waals surface area contributed by atoms with Crippen LogP contribution in [0.5, 0.6) is 0 Å². The Kier molecular flexibility index (Phi) is 5.10. The van der Waals surface area contributed by atoms with E-state index in [0.717, 1.165) is 30.6 Å². The van der Waals surface area contributed by atoms with Crippen molar-refractivity contribution in [1.29, 1.82) is 5.26 Å². The molecule has 1 fully saturated rings. The van der Waals surface area contributed by atoms with Crippen LogP contribution in [0.2, 0.25) is 0 Å². The fraction of sp³-hybridized carbons (Fsp3) is 0.615. The molecule has 1 atom stereocenters. The highest BCUT2D eigenvalue weighted by Crippen LogP contribution is 2.21. The quantitative estimate of drug-likeness (QED) is 0.842. The largest absolute Gasteiger partial charge is 0.491 e. The van der Waals surface area contributed by atoms with Crippen molar-refractivity contribution in [1.82, 2.24) is 14.7 Å². The van der Waals surface area contributed by atoms with E-state index in [2.05, 4.69) is 20.1 Å². The number of alkyl halides is 3. The number of aromatic nitrogens is 2. The summed E-state index contributed by atoms with van der Waals surface area (Å²) in [5.74, 6) is -2.43. The lowest BCUT2D eigenvalue weighted by atomic mass is 10.1. The molecule has 23 heavy (non-hydrogen) atoms. The number of rotatable bonds is 4. The van der Waals surface area contributed by atoms with Gasteiger partial charge in [0.1, 0.15) is 6.07 Å². The standard InChI is InChI=1S/C13H16F3N5O2/c1-20-4-2-9(3-5-20)19-10-7-18-21(8-10)11(6-17)23-12(22)13(14,15)16/h7-9,11,19H,2-5H2,1H3. The molecule has 7 nitrogen and oxygen atoms in total. The lowest BCUT2D eigenvalue weighted by molar-refractivity contribution is -0.206. The predicted octanol–water partition coefficient (Wildman–Crippen LogP) is 1.52. The Morgan fingerprint density at radius 3 is 2.74 bits per heavy atom. The molecule has 0 radical (unpaired) electrons. The average Bonchev–Trinajstić information content (AvgIpc) is 2.94. The highest BCUT2D eigenvalue weighted by Gasteiger charge is 2.42. The summed E-state index contributed by atoms with van der Waals surface area (Å²) >= 11 is 0. The number of hydrogen-bond donors (Lipinski definition) is 1. The molecule has 10 heteroatoms. The Hall–Kier alpha value is -2.28. The van der Waals surface area contributed by atoms with Crippen LogP contribution in [-0.2, 0) is 9.53 Å². The summed E-state index contributed by atoms with van der Waals surface area (Å²) in [6, 6.07) is 1.69. The maximum atomic E-state index is 12.2. The fourth-order valence-electron chi connectivity index (χ4n) is 2.24. The van der Waals surface area contributed by atoms with Crippen LogP contribution in [-0.4, -0.2) is 53.0 Å². The summed E-state index contributed by atoms with van der Waals surface area (Å²) in [6.45, 7) is 1.88. The van der Waals surface area contributed by atoms with Crippen molar-refractivity contribution >= 4 is 11.7 Å². The second-order valence-corrected chi connectivity index (χ2v) is 5.32. The third kappa shape index (κ3) is 4.59. The average molecular weight is 331 g/mol. The van der Waals surface area contributed by atoms with Gasteiger partial charge in [-0.15, -0.1) is 0 Å². The summed E-state index contributed by atoms with van der Waals surface area (Å²) in [4.78, 5) is 13.0. The number of ether oxygens (including phenoxy) is 1. The van der Waals surface area contributed by atoms with E-state index in [4.69, 9.17) is 5.26 Å². The van der Waals surface area contributed by atoms with E-state index in [1.54, 1.807) is 0 Å². The molecule has 2 heterocycles. The van der Waals surface area contributed by atoms with Gasteiger partial charge in [0, 0.05) is 6.04 Å². The van der Waals surface area contributed by atoms with Gasteiger partial charge in [-0.1, -0.05) is 0 Å². The normalized spacial score (nSPS) is 18.2. The molecule has 1 saturated heterocycles. The van der Waals surface area contributed by atoms with Gasteiger partial charge in [0.25, 0.3) is 6.23 Å². The van der Waals surface area contributed by atoms with Crippen molar-refractivity contribution in [3.63, 3.8) is 0 Å². The van der Waals surface area contributed by atoms with Crippen molar-refractivity contribution in [2.24, 2.45) is 0 Å². The van der Waals surface area contributed by atoms with Gasteiger partial charge in [-0.3, -0.25) is 0 Å². The Bertz CT molecular complexity index is 587. The number of hydrogen-bond acceptors (Lipinski definition) is 6. The van der Waals surface area contributed by atoms with Crippen LogP contribution >= 0.6 is 0 Å². The van der Waals surface area contributed by atoms with E-state index < -0.39 is 18.4 Å². The number of nitriles is 1. The topological polar surface area (TPSA) is 83.2 Å². The molecule has 0 aromatic carbocycles. The Morgan fingerprint density at radius 1 is 1.52 bits per heavy atom. The highest BCUT2D eigenvalue weighted by molar-refractivity contribution is 5.75. The van der Waals surface area contributed by atoms with E-state index in [-0.39, 0.29) is 6.04 Å². The molecule has 1 aromatic rings. The maximum Gasteiger partial charge on any atom is 0.491 e. The van der Waals surface area contributed by atoms with E-state index in [0.29, 0.717) is 5.69 Å². The Labute approximate surface area is 130 Å². The van der Waals surface area contributed by atoms with Gasteiger partial charge in [0.15, 0.2) is 0 Å². The minimum Gasteiger partial charge on any atom is -0.419 e. The summed E-state index contributed by atoms with van der Waals surface area (Å²) in [5, 5.41) is 15.9. The first-order valence-corrected chi connectivity index (χ1v) is 6.96. The van der Waals surface area contributed by atoms with Gasteiger partial charge in [-0.2, -0.15) is 23.5 Å². The lowest BCUT2D eigenvalue weighted by Crippen LogP contribution is -2.36. The molecule has 1 N–H and O–H groups in total. The zero-order valence-corrected chi connectivity index (χ0v) is 12.4. The molecule has 0 saturated carbocycles. The molecule has 126 valence electrons. The third-order valence-electron chi connectivity index (χ3n) is 3.49. The van der Waals surface area contributed by atoms with Crippen LogP contribution in [0.25, 0.3) is 0 Å². The van der Waals surface area contributed by atoms with Crippen molar-refractivity contribution in [2.45, 2.75) is 31.3 Å². The molecule has 1 aromatic heterocycles. The molecule has 2 rings (SSSR count). The molecule has 1 aliphatic heterocycles. The first-order valence-electron chi connectivity index (χ1n) is 6.96. The second-order valence-electron chi connectivity index (χ2n) is 5.32. The van der Waals surface area contributed by atoms with E-state index in [1.165, 1.54) is 18.5 Å². The number of piperidine rings is 1. The lowest BCUT2D eigenvalue weighted by Gasteiger charge is -2.29. The summed E-state index contributed by atoms with van der Waals surface area (Å²) in [6.07, 6.45) is -2.35. The van der Waals surface area contributed by atoms with Crippen LogP contribution < -0.4 is 5.32 Å². The molecular formula is C13H16F3N5O2. The van der Waals surface area contributed by atoms with Crippen LogP contribution in [0, 0.1) is 11.3 Å². The number of nitrogens with zero attached hydrogens (tertiary/aromatic N) is 4. The predicted molar refractivity (Wildman–Crippen MR) is 73.2 cm³/mol. The van der Waals surface area contributed by atoms with Gasteiger partial charge >= 0.3 is 12.1 Å². The van der Waals surface area contributed by atoms with Crippen molar-refractivity contribution in [2.75, 3.05) is 25.5 Å². The van der Waals surface area contributed by atoms with Gasteiger partial charge in [0.05, 0.1) is 18.1 Å². The van der Waals surface area contributed by atoms with Crippen molar-refractivity contribution in [3.8, 4) is 6.07 Å². The highest BCUT2D eigenvalue weighted by atomic mass is 19.4. The smallest absolute Gasteiger partial charge is 0.419 e. The van der Waals surface area contributed by atoms with Gasteiger partial charge in [-0.05, 0) is 33.0 Å². The second kappa shape index (κ2) is 6.87. The van der Waals surface area contributed by atoms with Crippen LogP contribution in [0.4, 0.5) is 18.9 Å². The third-order valence-corrected chi connectivity index (χ3v) is 3.49. The van der Waals surface area contributed by atoms with Crippen LogP contribution in [0.3, 0.4) is 0 Å². The molecule has 1 unspecified atom stereocenters. The number of esters is 1. The molecule has 0 aliphatic carbocycles. The van der Waals surface area contributed by atoms with E-state index in [9.17, 15) is 18.0 Å². The Balaban J connectivity index is 1.97. The maximum absolute atomic E-state index is 12.2. The zero-order valence-electron chi connectivity index (χ0n) is 12.4. The van der Waals surface area contributed by atoms with Gasteiger partial charge in [0.2, 0.25) is 0 Å². The number of halogens is 3. The first-order chi connectivity index (χ1) is 10.8. The molecule has 0 spiro atoms.